The number of carbonyl (C=O) groups is 6. The van der Waals surface area contributed by atoms with Gasteiger partial charge in [0, 0.05) is 22.7 Å². The van der Waals surface area contributed by atoms with Crippen LogP contribution in [0.4, 0.5) is 0 Å². The maximum atomic E-state index is 13.0. The van der Waals surface area contributed by atoms with Crippen LogP contribution in [0.2, 0.25) is 0 Å². The van der Waals surface area contributed by atoms with Crippen molar-refractivity contribution in [2.24, 2.45) is 233 Å². The smallest absolute Gasteiger partial charge is 0.313 e. The van der Waals surface area contributed by atoms with Crippen molar-refractivity contribution in [3.63, 3.8) is 0 Å². The van der Waals surface area contributed by atoms with Gasteiger partial charge in [0.05, 0.1) is 38.1 Å². The number of rotatable bonds is 23. The number of carbonyl (C=O) groups excluding carboxylic acids is 6. The Kier molecular flexibility index (Phi) is 39.6. The van der Waals surface area contributed by atoms with Crippen LogP contribution >= 0.6 is 0 Å². The lowest BCUT2D eigenvalue weighted by Crippen LogP contribution is -2.73. The Bertz CT molecular complexity index is 4030. The minimum Gasteiger partial charge on any atom is -0.459 e. The summed E-state index contributed by atoms with van der Waals surface area (Å²) >= 11 is 0. The molecule has 0 saturated heterocycles. The van der Waals surface area contributed by atoms with Crippen molar-refractivity contribution in [2.75, 3.05) is 0 Å². The number of fused-ring (bicyclic) bond motifs is 2. The Hall–Kier alpha value is -3.22. The third-order valence-corrected chi connectivity index (χ3v) is 47.2. The highest BCUT2D eigenvalue weighted by atomic mass is 16.7. The van der Waals surface area contributed by atoms with Gasteiger partial charge in [-0.15, -0.1) is 0 Å². The van der Waals surface area contributed by atoms with E-state index in [-0.39, 0.29) is 196 Å². The van der Waals surface area contributed by atoms with Gasteiger partial charge in [0.25, 0.3) is 0 Å². The van der Waals surface area contributed by atoms with Crippen LogP contribution in [0.5, 0.6) is 0 Å². The van der Waals surface area contributed by atoms with E-state index in [1.165, 1.54) is 186 Å². The number of hydrogen-bond acceptors (Lipinski definition) is 13. The third kappa shape index (κ3) is 21.1. The molecular formula is C129H236O13. The first-order chi connectivity index (χ1) is 60.7. The maximum Gasteiger partial charge on any atom is 0.313 e. The minimum absolute atomic E-state index is 0. The van der Waals surface area contributed by atoms with Crippen molar-refractivity contribution in [3.8, 4) is 0 Å². The zero-order valence-electron chi connectivity index (χ0n) is 87.5. The van der Waals surface area contributed by atoms with E-state index in [2.05, 4.69) is 76.2 Å². The Labute approximate surface area is 878 Å². The molecule has 31 aliphatic rings. The highest BCUT2D eigenvalue weighted by Crippen LogP contribution is 2.81. The quantitative estimate of drug-likeness (QED) is 0.0539. The van der Waals surface area contributed by atoms with Crippen LogP contribution in [-0.4, -0.2) is 75.7 Å². The lowest BCUT2D eigenvalue weighted by molar-refractivity contribution is -0.309. The van der Waals surface area contributed by atoms with E-state index in [1.807, 2.05) is 111 Å². The predicted octanol–water partition coefficient (Wildman–Crippen LogP) is 35.5. The van der Waals surface area contributed by atoms with Gasteiger partial charge in [-0.05, 0) is 554 Å². The molecular weight excluding hydrogens is 1760 g/mol. The minimum atomic E-state index is -0.420. The molecule has 0 spiro atoms. The SMILES string of the molecule is C.C.C.C.C.C.C.C.C.C.C.C.CCC(C)(C)C(=O)OC(C)(C)C12CC3C4CC5CC3C(C1)C(C5)C4C2.CCC(C)(C)C(=O)OC(C)(C)C12CC3CC4C5CC(CC41)CC2C5C3.CCC(C)(C)C(=O)OC(C)(C)C1CC2CCC1C2.CCC(C)(C)C(=O)OC(C)OC12CC3C4CC5CC3C(C1)C(C5)C4C2.CCC(C)(C)C(=O)OC1(C)C2CC3C4CC5CC3C1C(C5)C4C2.CCC(C)(C)C(=O)OC1(C)CCCC1. The molecule has 13 atom stereocenters. The van der Waals surface area contributed by atoms with Gasteiger partial charge in [0.1, 0.15) is 28.0 Å². The molecule has 0 aromatic carbocycles. The molecule has 0 aromatic heterocycles. The fourth-order valence-electron chi connectivity index (χ4n) is 38.1. The van der Waals surface area contributed by atoms with Gasteiger partial charge in [-0.25, -0.2) is 0 Å². The van der Waals surface area contributed by atoms with Crippen LogP contribution in [0, 0.1) is 233 Å². The van der Waals surface area contributed by atoms with Gasteiger partial charge < -0.3 is 33.2 Å². The van der Waals surface area contributed by atoms with Gasteiger partial charge in [-0.3, -0.25) is 28.8 Å². The van der Waals surface area contributed by atoms with Crippen LogP contribution in [-0.2, 0) is 61.9 Å². The van der Waals surface area contributed by atoms with Gasteiger partial charge in [-0.2, -0.15) is 0 Å². The molecule has 13 unspecified atom stereocenters. The number of hydrogen-bond donors (Lipinski definition) is 0. The van der Waals surface area contributed by atoms with Crippen molar-refractivity contribution >= 4 is 35.8 Å². The fraction of sp³-hybridized carbons (Fsp3) is 0.953. The summed E-state index contributed by atoms with van der Waals surface area (Å²) in [6.45, 7) is 56.0. The highest BCUT2D eigenvalue weighted by molar-refractivity contribution is 5.79. The number of ether oxygens (including phenoxy) is 7. The van der Waals surface area contributed by atoms with E-state index in [0.29, 0.717) is 17.8 Å². The molecule has 830 valence electrons. The van der Waals surface area contributed by atoms with Crippen LogP contribution in [0.1, 0.15) is 514 Å². The molecule has 13 heteroatoms. The molecule has 0 heterocycles. The van der Waals surface area contributed by atoms with Crippen molar-refractivity contribution < 1.29 is 61.9 Å². The molecule has 0 amide bonds. The zero-order chi connectivity index (χ0) is 93.6. The van der Waals surface area contributed by atoms with Crippen molar-refractivity contribution in [3.05, 3.63) is 0 Å². The van der Waals surface area contributed by atoms with Gasteiger partial charge >= 0.3 is 35.8 Å². The molecule has 31 fully saturated rings. The van der Waals surface area contributed by atoms with Gasteiger partial charge in [0.2, 0.25) is 6.29 Å². The summed E-state index contributed by atoms with van der Waals surface area (Å²) in [7, 11) is 0. The Balaban J connectivity index is 0.000000259. The lowest BCUT2D eigenvalue weighted by Gasteiger charge is -2.77. The molecule has 31 rings (SSSR count). The van der Waals surface area contributed by atoms with Crippen molar-refractivity contribution in [2.45, 2.75) is 554 Å². The Morgan fingerprint density at radius 1 is 0.303 bits per heavy atom. The third-order valence-electron chi connectivity index (χ3n) is 47.2. The number of esters is 6. The van der Waals surface area contributed by atoms with Crippen molar-refractivity contribution in [1.29, 1.82) is 0 Å². The second-order valence-electron chi connectivity index (χ2n) is 57.0. The topological polar surface area (TPSA) is 167 Å². The van der Waals surface area contributed by atoms with E-state index in [1.54, 1.807) is 0 Å². The van der Waals surface area contributed by atoms with E-state index < -0.39 is 11.7 Å². The second kappa shape index (κ2) is 44.1. The molecule has 31 aliphatic carbocycles. The van der Waals surface area contributed by atoms with E-state index in [9.17, 15) is 28.8 Å². The van der Waals surface area contributed by atoms with Crippen molar-refractivity contribution in [1.82, 2.24) is 0 Å². The Morgan fingerprint density at radius 2 is 0.613 bits per heavy atom. The largest absolute Gasteiger partial charge is 0.459 e. The summed E-state index contributed by atoms with van der Waals surface area (Å²) < 4.78 is 42.9. The average Bonchev–Trinajstić information content (AvgIpc) is 0.965. The molecule has 142 heavy (non-hydrogen) atoms. The zero-order valence-corrected chi connectivity index (χ0v) is 87.5. The van der Waals surface area contributed by atoms with Crippen LogP contribution in [0.3, 0.4) is 0 Å². The summed E-state index contributed by atoms with van der Waals surface area (Å²) in [5.74, 6) is 29.4. The predicted molar refractivity (Wildman–Crippen MR) is 594 cm³/mol. The van der Waals surface area contributed by atoms with Crippen LogP contribution in [0.15, 0.2) is 0 Å². The summed E-state index contributed by atoms with van der Waals surface area (Å²) in [6, 6.07) is 0. The second-order valence-corrected chi connectivity index (χ2v) is 57.0. The molecule has 0 aromatic rings. The molecule has 34 bridgehead atoms. The Morgan fingerprint density at radius 3 is 0.979 bits per heavy atom. The molecule has 31 saturated carbocycles. The van der Waals surface area contributed by atoms with E-state index in [4.69, 9.17) is 33.2 Å². The summed E-state index contributed by atoms with van der Waals surface area (Å²) in [4.78, 5) is 75.2. The first-order valence-electron chi connectivity index (χ1n) is 55.8. The van der Waals surface area contributed by atoms with Crippen LogP contribution < -0.4 is 0 Å². The summed E-state index contributed by atoms with van der Waals surface area (Å²) in [5, 5.41) is 0. The molecule has 13 nitrogen and oxygen atoms in total. The molecule has 0 aliphatic heterocycles. The van der Waals surface area contributed by atoms with Crippen LogP contribution in [0.25, 0.3) is 0 Å². The summed E-state index contributed by atoms with van der Waals surface area (Å²) in [6.07, 6.45) is 46.9. The molecule has 0 radical (unpaired) electrons. The fourth-order valence-corrected chi connectivity index (χ4v) is 38.1. The van der Waals surface area contributed by atoms with E-state index in [0.717, 1.165) is 223 Å². The van der Waals surface area contributed by atoms with Gasteiger partial charge in [0.15, 0.2) is 0 Å². The molecule has 0 N–H and O–H groups in total. The first kappa shape index (κ1) is 127. The van der Waals surface area contributed by atoms with Gasteiger partial charge in [-0.1, -0.05) is 137 Å². The monoisotopic (exact) mass is 1990 g/mol. The first-order valence-corrected chi connectivity index (χ1v) is 55.8. The standard InChI is InChI=1S/2C23H36O2.C22H34O3.C21H32O2.C16H28O2.C12H22O2.12CH4/c1-6-21(2,3)20(24)25-22(4,5)23-12-14-8-16-15-7-13(10-18(16)23)11-19(23)17(15)9-14;1-6-21(2,3)20(24)25-22(4,5)23-10-17-14-7-13-8-15(17)19(12-23)16(9-13)18(14)11-23;1-5-21(3,4)20(23)24-12(2)25-22-9-17-14-6-13-7-15(17)19(11-22)16(8-13)18(14)10-22;1-5-20(2,3)19(22)23-21(4)12-9-14-13-6-11-7-16(14)18(21)17(8-11)15(13)10-12;1-6-15(2,3)14(17)18-16(4,5)13-10-11-7-8-12(13)9-11;1-5-11(2,3)10(13)14-12(4)8-6-7-9-12;;;;;;;;;;;;/h2*13-19H,6-12H2,1-5H3;12-19H,5-11H2,1-4H3;11-18H,5-10H2,1-4H3;11-13H,6-10H2,1-5H3;5-9H2,1-4H3;12*1H4. The lowest BCUT2D eigenvalue weighted by atomic mass is 9.28. The maximum absolute atomic E-state index is 13.0. The normalized spacial score (nSPS) is 41.4. The highest BCUT2D eigenvalue weighted by Gasteiger charge is 2.77. The summed E-state index contributed by atoms with van der Waals surface area (Å²) in [5.41, 5.74) is -2.90. The average molecular weight is 2000 g/mol. The van der Waals surface area contributed by atoms with E-state index >= 15 is 0 Å².